The van der Waals surface area contributed by atoms with E-state index >= 15 is 0 Å². The number of nitrogens with zero attached hydrogens (tertiary/aromatic N) is 1. The molecule has 0 fully saturated rings. The Bertz CT molecular complexity index is 272. The Morgan fingerprint density at radius 2 is 2.00 bits per heavy atom. The molecule has 0 aromatic rings. The number of likely N-dealkylation sites (N-methyl/N-ethyl adjacent to an activating group) is 1. The lowest BCUT2D eigenvalue weighted by molar-refractivity contribution is 0.412. The molecule has 0 aromatic carbocycles. The molecule has 0 rings (SSSR count). The van der Waals surface area contributed by atoms with E-state index in [1.54, 1.807) is 6.92 Å². The maximum atomic E-state index is 11.3. The van der Waals surface area contributed by atoms with E-state index in [0.717, 1.165) is 0 Å². The van der Waals surface area contributed by atoms with Crippen molar-refractivity contribution in [3.05, 3.63) is 0 Å². The molecule has 0 unspecified atom stereocenters. The van der Waals surface area contributed by atoms with Gasteiger partial charge >= 0.3 is 0 Å². The minimum atomic E-state index is -3.19. The van der Waals surface area contributed by atoms with E-state index in [2.05, 4.69) is 4.72 Å². The molecule has 2 N–H and O–H groups in total. The van der Waals surface area contributed by atoms with E-state index in [9.17, 15) is 8.42 Å². The van der Waals surface area contributed by atoms with Crippen LogP contribution in [-0.2, 0) is 10.0 Å². The smallest absolute Gasteiger partial charge is 0.212 e. The summed E-state index contributed by atoms with van der Waals surface area (Å²) in [4.78, 5) is 1.91. The van der Waals surface area contributed by atoms with Gasteiger partial charge in [0, 0.05) is 25.2 Å². The summed E-state index contributed by atoms with van der Waals surface area (Å²) in [5.41, 5.74) is 0.392. The van der Waals surface area contributed by atoms with Gasteiger partial charge < -0.3 is 10.3 Å². The molecule has 5 nitrogen and oxygen atoms in total. The van der Waals surface area contributed by atoms with Crippen molar-refractivity contribution in [2.45, 2.75) is 13.3 Å². The fraction of sp³-hybridized carbons (Fsp3) is 0.875. The Balaban J connectivity index is 3.79. The normalized spacial score (nSPS) is 12.0. The second-order valence-electron chi connectivity index (χ2n) is 3.55. The molecule has 0 heterocycles. The van der Waals surface area contributed by atoms with Crippen molar-refractivity contribution in [1.82, 2.24) is 9.62 Å². The van der Waals surface area contributed by atoms with Crippen molar-refractivity contribution in [2.75, 3.05) is 32.9 Å². The molecule has 0 aliphatic heterocycles. The summed E-state index contributed by atoms with van der Waals surface area (Å²) in [5.74, 6) is 0.00968. The van der Waals surface area contributed by atoms with Gasteiger partial charge in [0.15, 0.2) is 0 Å². The second kappa shape index (κ2) is 6.10. The quantitative estimate of drug-likeness (QED) is 0.589. The average Bonchev–Trinajstić information content (AvgIpc) is 2.00. The predicted molar refractivity (Wildman–Crippen MR) is 58.4 cm³/mol. The number of hydrogen-bond donors (Lipinski definition) is 2. The molecular weight excluding hydrogens is 202 g/mol. The highest BCUT2D eigenvalue weighted by Crippen LogP contribution is 1.90. The van der Waals surface area contributed by atoms with Gasteiger partial charge in [0.05, 0.1) is 5.75 Å². The Hall–Kier alpha value is -0.460. The Morgan fingerprint density at radius 1 is 1.43 bits per heavy atom. The molecule has 6 heteroatoms. The van der Waals surface area contributed by atoms with Crippen molar-refractivity contribution < 1.29 is 8.42 Å². The lowest BCUT2D eigenvalue weighted by atomic mass is 10.3. The number of hydrogen-bond acceptors (Lipinski definition) is 4. The molecule has 0 atom stereocenters. The first-order valence-electron chi connectivity index (χ1n) is 4.49. The van der Waals surface area contributed by atoms with E-state index in [4.69, 9.17) is 5.41 Å². The van der Waals surface area contributed by atoms with E-state index in [-0.39, 0.29) is 5.75 Å². The van der Waals surface area contributed by atoms with Crippen LogP contribution in [0.2, 0.25) is 0 Å². The summed E-state index contributed by atoms with van der Waals surface area (Å²) < 4.78 is 25.1. The van der Waals surface area contributed by atoms with Crippen LogP contribution in [0.1, 0.15) is 13.3 Å². The summed E-state index contributed by atoms with van der Waals surface area (Å²) >= 11 is 0. The van der Waals surface area contributed by atoms with Gasteiger partial charge in [-0.3, -0.25) is 0 Å². The summed E-state index contributed by atoms with van der Waals surface area (Å²) in [6.45, 7) is 2.71. The summed E-state index contributed by atoms with van der Waals surface area (Å²) in [5, 5.41) is 7.12. The van der Waals surface area contributed by atoms with Gasteiger partial charge in [-0.05, 0) is 21.0 Å². The molecule has 0 saturated heterocycles. The fourth-order valence-electron chi connectivity index (χ4n) is 0.784. The van der Waals surface area contributed by atoms with Crippen molar-refractivity contribution in [1.29, 1.82) is 5.41 Å². The SMILES string of the molecule is CC(=N)CCS(=O)(=O)NCCN(C)C. The molecule has 0 radical (unpaired) electrons. The lowest BCUT2D eigenvalue weighted by Crippen LogP contribution is -2.33. The van der Waals surface area contributed by atoms with Crippen LogP contribution in [0, 0.1) is 5.41 Å². The summed E-state index contributed by atoms with van der Waals surface area (Å²) in [6, 6.07) is 0. The molecule has 0 spiro atoms. The molecule has 0 amide bonds. The van der Waals surface area contributed by atoms with Crippen LogP contribution in [-0.4, -0.2) is 52.0 Å². The van der Waals surface area contributed by atoms with Crippen LogP contribution in [0.4, 0.5) is 0 Å². The van der Waals surface area contributed by atoms with Gasteiger partial charge in [-0.1, -0.05) is 0 Å². The zero-order chi connectivity index (χ0) is 11.2. The second-order valence-corrected chi connectivity index (χ2v) is 5.47. The highest BCUT2D eigenvalue weighted by molar-refractivity contribution is 7.89. The van der Waals surface area contributed by atoms with Gasteiger partial charge in [0.25, 0.3) is 0 Å². The standard InChI is InChI=1S/C8H19N3O2S/c1-8(9)4-7-14(12,13)10-5-6-11(2)3/h9-10H,4-7H2,1-3H3. The van der Waals surface area contributed by atoms with Crippen LogP contribution in [0.15, 0.2) is 0 Å². The first-order valence-corrected chi connectivity index (χ1v) is 6.15. The van der Waals surface area contributed by atoms with Gasteiger partial charge in [0.2, 0.25) is 10.0 Å². The van der Waals surface area contributed by atoms with Gasteiger partial charge in [-0.15, -0.1) is 0 Å². The molecule has 84 valence electrons. The minimum absolute atomic E-state index is 0.00968. The Kier molecular flexibility index (Phi) is 5.90. The van der Waals surface area contributed by atoms with Crippen molar-refractivity contribution >= 4 is 15.7 Å². The van der Waals surface area contributed by atoms with Crippen molar-refractivity contribution in [3.63, 3.8) is 0 Å². The molecule has 14 heavy (non-hydrogen) atoms. The Labute approximate surface area is 86.0 Å². The molecule has 0 saturated carbocycles. The highest BCUT2D eigenvalue weighted by Gasteiger charge is 2.09. The van der Waals surface area contributed by atoms with E-state index in [0.29, 0.717) is 25.2 Å². The fourth-order valence-corrected chi connectivity index (χ4v) is 1.91. The zero-order valence-corrected chi connectivity index (χ0v) is 9.82. The zero-order valence-electron chi connectivity index (χ0n) is 9.00. The van der Waals surface area contributed by atoms with Gasteiger partial charge in [-0.2, -0.15) is 0 Å². The predicted octanol–water partition coefficient (Wildman–Crippen LogP) is -0.103. The highest BCUT2D eigenvalue weighted by atomic mass is 32.2. The molecule has 0 aromatic heterocycles. The summed E-state index contributed by atoms with van der Waals surface area (Å²) in [7, 11) is 0.580. The number of sulfonamides is 1. The monoisotopic (exact) mass is 221 g/mol. The molecule has 0 bridgehead atoms. The van der Waals surface area contributed by atoms with Crippen LogP contribution in [0.25, 0.3) is 0 Å². The van der Waals surface area contributed by atoms with Crippen LogP contribution in [0.3, 0.4) is 0 Å². The maximum absolute atomic E-state index is 11.3. The van der Waals surface area contributed by atoms with E-state index in [1.807, 2.05) is 19.0 Å². The van der Waals surface area contributed by atoms with E-state index in [1.165, 1.54) is 0 Å². The molecule has 0 aliphatic rings. The number of nitrogens with one attached hydrogen (secondary N) is 2. The first-order chi connectivity index (χ1) is 6.33. The third-order valence-corrected chi connectivity index (χ3v) is 3.01. The minimum Gasteiger partial charge on any atom is -0.310 e. The maximum Gasteiger partial charge on any atom is 0.212 e. The van der Waals surface area contributed by atoms with E-state index < -0.39 is 10.0 Å². The third kappa shape index (κ3) is 8.15. The van der Waals surface area contributed by atoms with Crippen molar-refractivity contribution in [2.24, 2.45) is 0 Å². The molecular formula is C8H19N3O2S. The van der Waals surface area contributed by atoms with Gasteiger partial charge in [-0.25, -0.2) is 13.1 Å². The summed E-state index contributed by atoms with van der Waals surface area (Å²) in [6.07, 6.45) is 0.303. The topological polar surface area (TPSA) is 73.3 Å². The Morgan fingerprint density at radius 3 is 2.43 bits per heavy atom. The third-order valence-electron chi connectivity index (χ3n) is 1.63. The average molecular weight is 221 g/mol. The molecule has 0 aliphatic carbocycles. The number of rotatable bonds is 7. The largest absolute Gasteiger partial charge is 0.310 e. The van der Waals surface area contributed by atoms with Crippen LogP contribution < -0.4 is 4.72 Å². The van der Waals surface area contributed by atoms with Crippen LogP contribution in [0.5, 0.6) is 0 Å². The van der Waals surface area contributed by atoms with Crippen LogP contribution >= 0.6 is 0 Å². The van der Waals surface area contributed by atoms with Gasteiger partial charge in [0.1, 0.15) is 0 Å². The lowest BCUT2D eigenvalue weighted by Gasteiger charge is -2.10. The first kappa shape index (κ1) is 13.5. The van der Waals surface area contributed by atoms with Crippen molar-refractivity contribution in [3.8, 4) is 0 Å².